The van der Waals surface area contributed by atoms with E-state index in [0.717, 1.165) is 25.9 Å². The maximum atomic E-state index is 4.42. The Bertz CT molecular complexity index is 542. The van der Waals surface area contributed by atoms with Crippen LogP contribution in [0.25, 0.3) is 12.2 Å². The molecule has 0 fully saturated rings. The number of aryl methyl sites for hydroxylation is 1. The molecule has 1 heterocycles. The molecule has 0 aliphatic heterocycles. The second kappa shape index (κ2) is 5.61. The molecule has 86 valence electrons. The van der Waals surface area contributed by atoms with E-state index in [2.05, 4.69) is 55.1 Å². The highest BCUT2D eigenvalue weighted by Gasteiger charge is 1.95. The van der Waals surface area contributed by atoms with Crippen LogP contribution in [-0.4, -0.2) is 4.98 Å². The van der Waals surface area contributed by atoms with Crippen molar-refractivity contribution in [2.45, 2.75) is 6.92 Å². The minimum Gasteiger partial charge on any atom is -0.254 e. The zero-order chi connectivity index (χ0) is 12.3. The number of nitrogens with zero attached hydrogens (tertiary/aromatic N) is 1. The SMILES string of the molecule is Cc1cccc(C=Cc2cc(Br)cc(Br)c2)n1. The fourth-order valence-corrected chi connectivity index (χ4v) is 2.84. The van der Waals surface area contributed by atoms with Gasteiger partial charge in [-0.1, -0.05) is 44.0 Å². The summed E-state index contributed by atoms with van der Waals surface area (Å²) < 4.78 is 2.12. The summed E-state index contributed by atoms with van der Waals surface area (Å²) in [4.78, 5) is 4.42. The minimum absolute atomic E-state index is 0.973. The molecule has 1 aromatic carbocycles. The molecule has 0 unspecified atom stereocenters. The van der Waals surface area contributed by atoms with Crippen molar-refractivity contribution in [3.8, 4) is 0 Å². The molecule has 0 radical (unpaired) electrons. The summed E-state index contributed by atoms with van der Waals surface area (Å²) in [6, 6.07) is 12.2. The van der Waals surface area contributed by atoms with Crippen LogP contribution in [0.15, 0.2) is 45.3 Å². The van der Waals surface area contributed by atoms with Crippen LogP contribution in [0.3, 0.4) is 0 Å². The number of rotatable bonds is 2. The van der Waals surface area contributed by atoms with Crippen molar-refractivity contribution >= 4 is 44.0 Å². The molecule has 1 nitrogen and oxygen atoms in total. The quantitative estimate of drug-likeness (QED) is 0.733. The number of aromatic nitrogens is 1. The van der Waals surface area contributed by atoms with E-state index in [0.29, 0.717) is 0 Å². The van der Waals surface area contributed by atoms with E-state index in [1.165, 1.54) is 0 Å². The first-order chi connectivity index (χ1) is 8.13. The maximum absolute atomic E-state index is 4.42. The molecule has 0 spiro atoms. The van der Waals surface area contributed by atoms with Crippen LogP contribution in [0.2, 0.25) is 0 Å². The van der Waals surface area contributed by atoms with Crippen LogP contribution in [-0.2, 0) is 0 Å². The third-order valence-electron chi connectivity index (χ3n) is 2.24. The van der Waals surface area contributed by atoms with Gasteiger partial charge in [-0.25, -0.2) is 0 Å². The van der Waals surface area contributed by atoms with Gasteiger partial charge in [-0.2, -0.15) is 0 Å². The molecule has 0 amide bonds. The largest absolute Gasteiger partial charge is 0.254 e. The van der Waals surface area contributed by atoms with Gasteiger partial charge in [-0.05, 0) is 48.9 Å². The van der Waals surface area contributed by atoms with Crippen molar-refractivity contribution in [1.29, 1.82) is 0 Å². The Hall–Kier alpha value is -0.930. The van der Waals surface area contributed by atoms with Gasteiger partial charge in [0, 0.05) is 14.6 Å². The first-order valence-corrected chi connectivity index (χ1v) is 6.80. The fraction of sp³-hybridized carbons (Fsp3) is 0.0714. The summed E-state index contributed by atoms with van der Waals surface area (Å²) in [5.74, 6) is 0. The number of benzene rings is 1. The van der Waals surface area contributed by atoms with Gasteiger partial charge in [-0.15, -0.1) is 0 Å². The molecular weight excluding hydrogens is 342 g/mol. The number of halogens is 2. The maximum Gasteiger partial charge on any atom is 0.0633 e. The average molecular weight is 353 g/mol. The zero-order valence-electron chi connectivity index (χ0n) is 9.32. The fourth-order valence-electron chi connectivity index (χ4n) is 1.51. The van der Waals surface area contributed by atoms with Crippen LogP contribution in [0.4, 0.5) is 0 Å². The number of pyridine rings is 1. The van der Waals surface area contributed by atoms with E-state index in [1.54, 1.807) is 0 Å². The molecule has 0 bridgehead atoms. The third-order valence-corrected chi connectivity index (χ3v) is 3.16. The van der Waals surface area contributed by atoms with Crippen molar-refractivity contribution in [1.82, 2.24) is 4.98 Å². The molecule has 2 aromatic rings. The summed E-state index contributed by atoms with van der Waals surface area (Å²) in [6.45, 7) is 1.99. The Morgan fingerprint density at radius 2 is 1.71 bits per heavy atom. The van der Waals surface area contributed by atoms with Gasteiger partial charge in [0.1, 0.15) is 0 Å². The van der Waals surface area contributed by atoms with Gasteiger partial charge in [0.15, 0.2) is 0 Å². The standard InChI is InChI=1S/C14H11Br2N/c1-10-3-2-4-14(17-10)6-5-11-7-12(15)9-13(16)8-11/h2-9H,1H3. The van der Waals surface area contributed by atoms with Crippen LogP contribution in [0.1, 0.15) is 17.0 Å². The van der Waals surface area contributed by atoms with Crippen molar-refractivity contribution in [3.05, 3.63) is 62.3 Å². The summed E-state index contributed by atoms with van der Waals surface area (Å²) in [5, 5.41) is 0. The van der Waals surface area contributed by atoms with E-state index < -0.39 is 0 Å². The summed E-state index contributed by atoms with van der Waals surface area (Å²) in [6.07, 6.45) is 4.07. The van der Waals surface area contributed by atoms with E-state index in [4.69, 9.17) is 0 Å². The molecule has 3 heteroatoms. The van der Waals surface area contributed by atoms with Gasteiger partial charge in [0.05, 0.1) is 5.69 Å². The highest BCUT2D eigenvalue weighted by Crippen LogP contribution is 2.21. The van der Waals surface area contributed by atoms with Crippen molar-refractivity contribution in [2.75, 3.05) is 0 Å². The van der Waals surface area contributed by atoms with Gasteiger partial charge in [0.2, 0.25) is 0 Å². The van der Waals surface area contributed by atoms with E-state index in [9.17, 15) is 0 Å². The van der Waals surface area contributed by atoms with Crippen LogP contribution < -0.4 is 0 Å². The van der Waals surface area contributed by atoms with Gasteiger partial charge in [0.25, 0.3) is 0 Å². The van der Waals surface area contributed by atoms with Gasteiger partial charge >= 0.3 is 0 Å². The van der Waals surface area contributed by atoms with Gasteiger partial charge < -0.3 is 0 Å². The van der Waals surface area contributed by atoms with E-state index >= 15 is 0 Å². The van der Waals surface area contributed by atoms with Crippen LogP contribution in [0, 0.1) is 6.92 Å². The summed E-state index contributed by atoms with van der Waals surface area (Å²) >= 11 is 6.94. The normalized spacial score (nSPS) is 11.0. The first kappa shape index (κ1) is 12.5. The number of hydrogen-bond acceptors (Lipinski definition) is 1. The predicted octanol–water partition coefficient (Wildman–Crippen LogP) is 5.09. The summed E-state index contributed by atoms with van der Waals surface area (Å²) in [7, 11) is 0. The third kappa shape index (κ3) is 3.79. The Morgan fingerprint density at radius 3 is 2.35 bits per heavy atom. The van der Waals surface area contributed by atoms with Crippen molar-refractivity contribution in [2.24, 2.45) is 0 Å². The Kier molecular flexibility index (Phi) is 4.13. The van der Waals surface area contributed by atoms with Crippen LogP contribution >= 0.6 is 31.9 Å². The van der Waals surface area contributed by atoms with Crippen molar-refractivity contribution in [3.63, 3.8) is 0 Å². The van der Waals surface area contributed by atoms with Crippen molar-refractivity contribution < 1.29 is 0 Å². The Balaban J connectivity index is 2.25. The topological polar surface area (TPSA) is 12.9 Å². The lowest BCUT2D eigenvalue weighted by atomic mass is 10.2. The smallest absolute Gasteiger partial charge is 0.0633 e. The Labute approximate surface area is 118 Å². The van der Waals surface area contributed by atoms with E-state index in [-0.39, 0.29) is 0 Å². The summed E-state index contributed by atoms with van der Waals surface area (Å²) in [5.41, 5.74) is 3.14. The lowest BCUT2D eigenvalue weighted by molar-refractivity contribution is 1.18. The predicted molar refractivity (Wildman–Crippen MR) is 79.7 cm³/mol. The second-order valence-electron chi connectivity index (χ2n) is 3.74. The highest BCUT2D eigenvalue weighted by molar-refractivity contribution is 9.11. The molecule has 17 heavy (non-hydrogen) atoms. The number of hydrogen-bond donors (Lipinski definition) is 0. The molecule has 0 aliphatic carbocycles. The van der Waals surface area contributed by atoms with E-state index in [1.807, 2.05) is 37.3 Å². The monoisotopic (exact) mass is 351 g/mol. The highest BCUT2D eigenvalue weighted by atomic mass is 79.9. The molecule has 0 aliphatic rings. The zero-order valence-corrected chi connectivity index (χ0v) is 12.5. The minimum atomic E-state index is 0.973. The second-order valence-corrected chi connectivity index (χ2v) is 5.57. The van der Waals surface area contributed by atoms with Gasteiger partial charge in [-0.3, -0.25) is 4.98 Å². The lowest BCUT2D eigenvalue weighted by Crippen LogP contribution is -1.83. The molecule has 0 saturated heterocycles. The molecule has 1 aromatic heterocycles. The molecule has 0 N–H and O–H groups in total. The molecule has 2 rings (SSSR count). The molecule has 0 saturated carbocycles. The average Bonchev–Trinajstić information content (AvgIpc) is 2.25. The Morgan fingerprint density at radius 1 is 1.00 bits per heavy atom. The molecule has 0 atom stereocenters. The molecular formula is C14H11Br2N. The van der Waals surface area contributed by atoms with Crippen LogP contribution in [0.5, 0.6) is 0 Å². The lowest BCUT2D eigenvalue weighted by Gasteiger charge is -1.98. The first-order valence-electron chi connectivity index (χ1n) is 5.21.